The zero-order valence-corrected chi connectivity index (χ0v) is 27.9. The van der Waals surface area contributed by atoms with E-state index in [1.165, 1.54) is 72.1 Å². The average molecular weight is 618 g/mol. The summed E-state index contributed by atoms with van der Waals surface area (Å²) < 4.78 is 0. The van der Waals surface area contributed by atoms with Gasteiger partial charge in [0.15, 0.2) is 0 Å². The van der Waals surface area contributed by atoms with Crippen molar-refractivity contribution >= 4 is 27.8 Å². The van der Waals surface area contributed by atoms with Crippen molar-refractivity contribution in [2.24, 2.45) is 0 Å². The highest BCUT2D eigenvalue weighted by molar-refractivity contribution is 6.06. The fourth-order valence-corrected chi connectivity index (χ4v) is 8.57. The number of hydrogen-bond donors (Lipinski definition) is 0. The molecule has 0 N–H and O–H groups in total. The summed E-state index contributed by atoms with van der Waals surface area (Å²) in [4.78, 5) is 2.38. The molecule has 0 spiro atoms. The summed E-state index contributed by atoms with van der Waals surface area (Å²) >= 11 is 0. The van der Waals surface area contributed by atoms with Gasteiger partial charge in [-0.1, -0.05) is 130 Å². The highest BCUT2D eigenvalue weighted by atomic mass is 15.1. The molecule has 0 amide bonds. The molecule has 0 aromatic heterocycles. The molecule has 0 aliphatic heterocycles. The van der Waals surface area contributed by atoms with Crippen molar-refractivity contribution in [3.63, 3.8) is 0 Å². The van der Waals surface area contributed by atoms with E-state index < -0.39 is 0 Å². The lowest BCUT2D eigenvalue weighted by Crippen LogP contribution is -2.17. The lowest BCUT2D eigenvalue weighted by atomic mass is 9.73. The van der Waals surface area contributed by atoms with Gasteiger partial charge in [0.2, 0.25) is 0 Å². The summed E-state index contributed by atoms with van der Waals surface area (Å²) in [5.74, 6) is 0.533. The minimum atomic E-state index is 0.00934. The number of anilines is 3. The minimum Gasteiger partial charge on any atom is -0.310 e. The van der Waals surface area contributed by atoms with Gasteiger partial charge in [0.05, 0.1) is 5.69 Å². The van der Waals surface area contributed by atoms with Crippen LogP contribution in [0.1, 0.15) is 55.4 Å². The molecule has 48 heavy (non-hydrogen) atoms. The maximum absolute atomic E-state index is 2.57. The van der Waals surface area contributed by atoms with E-state index in [2.05, 4.69) is 177 Å². The van der Waals surface area contributed by atoms with E-state index in [-0.39, 0.29) is 5.41 Å². The smallest absolute Gasteiger partial charge is 0.0540 e. The van der Waals surface area contributed by atoms with E-state index in [0.717, 1.165) is 24.2 Å². The monoisotopic (exact) mass is 617 g/mol. The molecule has 0 radical (unpaired) electrons. The van der Waals surface area contributed by atoms with Crippen molar-refractivity contribution < 1.29 is 0 Å². The summed E-state index contributed by atoms with van der Waals surface area (Å²) in [5.41, 5.74) is 17.5. The molecule has 9 rings (SSSR count). The molecular weight excluding hydrogens is 579 g/mol. The van der Waals surface area contributed by atoms with Crippen LogP contribution in [0.25, 0.3) is 44.2 Å². The number of nitrogens with zero attached hydrogens (tertiary/aromatic N) is 1. The molecule has 0 fully saturated rings. The third-order valence-electron chi connectivity index (χ3n) is 11.0. The Morgan fingerprint density at radius 3 is 1.96 bits per heavy atom. The Morgan fingerprint density at radius 2 is 1.21 bits per heavy atom. The van der Waals surface area contributed by atoms with Crippen LogP contribution in [0, 0.1) is 0 Å². The molecule has 2 aliphatic carbocycles. The Hall–Kier alpha value is -5.40. The zero-order chi connectivity index (χ0) is 32.4. The van der Waals surface area contributed by atoms with Gasteiger partial charge >= 0.3 is 0 Å². The Morgan fingerprint density at radius 1 is 0.542 bits per heavy atom. The van der Waals surface area contributed by atoms with Crippen LogP contribution in [0.5, 0.6) is 0 Å². The molecule has 0 heterocycles. The van der Waals surface area contributed by atoms with Crippen LogP contribution in [0.15, 0.2) is 152 Å². The van der Waals surface area contributed by atoms with E-state index in [9.17, 15) is 0 Å². The molecule has 7 aromatic carbocycles. The van der Waals surface area contributed by atoms with Gasteiger partial charge in [0.25, 0.3) is 0 Å². The van der Waals surface area contributed by atoms with Gasteiger partial charge in [-0.25, -0.2) is 0 Å². The van der Waals surface area contributed by atoms with Gasteiger partial charge in [-0.05, 0) is 122 Å². The first-order chi connectivity index (χ1) is 23.5. The largest absolute Gasteiger partial charge is 0.310 e. The van der Waals surface area contributed by atoms with Crippen molar-refractivity contribution in [1.29, 1.82) is 0 Å². The van der Waals surface area contributed by atoms with Crippen LogP contribution < -0.4 is 4.90 Å². The molecule has 1 heteroatoms. The molecule has 1 atom stereocenters. The summed E-state index contributed by atoms with van der Waals surface area (Å²) in [5, 5.41) is 2.50. The highest BCUT2D eigenvalue weighted by Crippen LogP contribution is 2.53. The molecule has 7 aromatic rings. The normalized spacial score (nSPS) is 15.4. The standard InChI is InChI=1S/C47H39N/c1-4-31-27-32-25-26-33(28-40(32)42-29-43-38-19-11-12-23-44(38)47(2,3)45(43)30-41(31)42)36-20-13-22-39-37(36)21-14-24-46(39)48(34-15-7-5-8-16-34)35-17-9-6-10-18-35/h5-26,28-31H,4,27H2,1-3H3. The quantitative estimate of drug-likeness (QED) is 0.186. The molecule has 1 unspecified atom stereocenters. The molecule has 2 aliphatic rings. The van der Waals surface area contributed by atoms with E-state index >= 15 is 0 Å². The fourth-order valence-electron chi connectivity index (χ4n) is 8.57. The van der Waals surface area contributed by atoms with Crippen molar-refractivity contribution in [1.82, 2.24) is 0 Å². The molecule has 232 valence electrons. The predicted molar refractivity (Wildman–Crippen MR) is 204 cm³/mol. The predicted octanol–water partition coefficient (Wildman–Crippen LogP) is 13.0. The second-order valence-corrected chi connectivity index (χ2v) is 14.0. The minimum absolute atomic E-state index is 0.00934. The summed E-state index contributed by atoms with van der Waals surface area (Å²) in [6.45, 7) is 7.14. The van der Waals surface area contributed by atoms with Gasteiger partial charge in [-0.2, -0.15) is 0 Å². The first-order valence-corrected chi connectivity index (χ1v) is 17.4. The van der Waals surface area contributed by atoms with E-state index in [0.29, 0.717) is 5.92 Å². The average Bonchev–Trinajstić information content (AvgIpc) is 3.36. The van der Waals surface area contributed by atoms with Crippen molar-refractivity contribution in [2.45, 2.75) is 44.9 Å². The first kappa shape index (κ1) is 28.8. The second-order valence-electron chi connectivity index (χ2n) is 14.0. The Kier molecular flexibility index (Phi) is 6.66. The summed E-state index contributed by atoms with van der Waals surface area (Å²) in [7, 11) is 0. The van der Waals surface area contributed by atoms with Crippen LogP contribution in [-0.4, -0.2) is 0 Å². The zero-order valence-electron chi connectivity index (χ0n) is 27.9. The molecular formula is C47H39N. The Labute approximate surface area is 284 Å². The lowest BCUT2D eigenvalue weighted by molar-refractivity contribution is 0.637. The van der Waals surface area contributed by atoms with E-state index in [4.69, 9.17) is 0 Å². The second kappa shape index (κ2) is 11.1. The lowest BCUT2D eigenvalue weighted by Gasteiger charge is -2.30. The Balaban J connectivity index is 1.22. The topological polar surface area (TPSA) is 3.24 Å². The number of benzene rings is 7. The number of fused-ring (bicyclic) bond motifs is 7. The molecule has 1 nitrogen and oxygen atoms in total. The van der Waals surface area contributed by atoms with Crippen LogP contribution in [0.2, 0.25) is 0 Å². The third-order valence-corrected chi connectivity index (χ3v) is 11.0. The van der Waals surface area contributed by atoms with Gasteiger partial charge < -0.3 is 4.90 Å². The number of hydrogen-bond acceptors (Lipinski definition) is 1. The highest BCUT2D eigenvalue weighted by Gasteiger charge is 2.37. The Bertz CT molecular complexity index is 2290. The van der Waals surface area contributed by atoms with Crippen LogP contribution in [0.3, 0.4) is 0 Å². The van der Waals surface area contributed by atoms with Crippen molar-refractivity contribution in [3.05, 3.63) is 174 Å². The molecule has 0 bridgehead atoms. The third kappa shape index (κ3) is 4.38. The summed E-state index contributed by atoms with van der Waals surface area (Å²) in [6.07, 6.45) is 2.24. The molecule has 0 saturated carbocycles. The fraction of sp³-hybridized carbons (Fsp3) is 0.149. The van der Waals surface area contributed by atoms with Crippen LogP contribution >= 0.6 is 0 Å². The maximum atomic E-state index is 2.57. The van der Waals surface area contributed by atoms with Crippen LogP contribution in [0.4, 0.5) is 17.1 Å². The van der Waals surface area contributed by atoms with Crippen LogP contribution in [-0.2, 0) is 11.8 Å². The SMILES string of the molecule is CCC1Cc2ccc(-c3cccc4c(N(c5ccccc5)c5ccccc5)cccc34)cc2-c2cc3c(cc21)C(C)(C)c1ccccc1-3. The van der Waals surface area contributed by atoms with Gasteiger partial charge in [-0.3, -0.25) is 0 Å². The number of rotatable bonds is 5. The van der Waals surface area contributed by atoms with Gasteiger partial charge in [0.1, 0.15) is 0 Å². The maximum Gasteiger partial charge on any atom is 0.0540 e. The van der Waals surface area contributed by atoms with E-state index in [1.807, 2.05) is 0 Å². The first-order valence-electron chi connectivity index (χ1n) is 17.4. The van der Waals surface area contributed by atoms with Crippen molar-refractivity contribution in [3.8, 4) is 33.4 Å². The number of para-hydroxylation sites is 2. The molecule has 0 saturated heterocycles. The summed E-state index contributed by atoms with van der Waals surface area (Å²) in [6, 6.07) is 56.3. The van der Waals surface area contributed by atoms with Gasteiger partial charge in [-0.15, -0.1) is 0 Å². The van der Waals surface area contributed by atoms with Crippen molar-refractivity contribution in [2.75, 3.05) is 4.90 Å². The van der Waals surface area contributed by atoms with E-state index in [1.54, 1.807) is 0 Å². The van der Waals surface area contributed by atoms with Gasteiger partial charge in [0, 0.05) is 22.2 Å².